The minimum atomic E-state index is -0.0818. The lowest BCUT2D eigenvalue weighted by Crippen LogP contribution is -2.40. The van der Waals surface area contributed by atoms with Gasteiger partial charge < -0.3 is 10.5 Å². The van der Waals surface area contributed by atoms with E-state index in [0.717, 1.165) is 24.2 Å². The molecular weight excluding hydrogens is 222 g/mol. The van der Waals surface area contributed by atoms with Crippen LogP contribution in [0.3, 0.4) is 0 Å². The predicted octanol–water partition coefficient (Wildman–Crippen LogP) is 4.20. The van der Waals surface area contributed by atoms with Gasteiger partial charge in [-0.15, -0.1) is 0 Å². The Hall–Kier alpha value is -1.02. The van der Waals surface area contributed by atoms with Crippen molar-refractivity contribution in [1.29, 1.82) is 0 Å². The number of unbranched alkanes of at least 4 members (excludes halogenated alkanes) is 3. The molecule has 0 saturated heterocycles. The molecule has 2 rings (SSSR count). The molecule has 0 spiro atoms. The molecular formula is C16H25NO. The van der Waals surface area contributed by atoms with Crippen molar-refractivity contribution in [3.63, 3.8) is 0 Å². The lowest BCUT2D eigenvalue weighted by molar-refractivity contribution is 0.0430. The maximum Gasteiger partial charge on any atom is 0.124 e. The second-order valence-electron chi connectivity index (χ2n) is 5.71. The number of fused-ring (bicyclic) bond motifs is 1. The van der Waals surface area contributed by atoms with Gasteiger partial charge >= 0.3 is 0 Å². The third-order valence-electron chi connectivity index (χ3n) is 3.89. The Morgan fingerprint density at radius 1 is 1.28 bits per heavy atom. The molecule has 2 heteroatoms. The smallest absolute Gasteiger partial charge is 0.124 e. The highest BCUT2D eigenvalue weighted by Gasteiger charge is 2.34. The number of hydrogen-bond donors (Lipinski definition) is 1. The minimum Gasteiger partial charge on any atom is -0.487 e. The third kappa shape index (κ3) is 3.05. The highest BCUT2D eigenvalue weighted by atomic mass is 16.5. The zero-order valence-electron chi connectivity index (χ0n) is 11.6. The Labute approximate surface area is 111 Å². The van der Waals surface area contributed by atoms with Crippen molar-refractivity contribution in [3.05, 3.63) is 29.8 Å². The average molecular weight is 247 g/mol. The molecule has 18 heavy (non-hydrogen) atoms. The Kier molecular flexibility index (Phi) is 4.28. The van der Waals surface area contributed by atoms with Crippen molar-refractivity contribution in [2.75, 3.05) is 0 Å². The summed E-state index contributed by atoms with van der Waals surface area (Å²) in [4.78, 5) is 0. The number of ether oxygens (including phenoxy) is 1. The van der Waals surface area contributed by atoms with Crippen LogP contribution in [0.15, 0.2) is 24.3 Å². The fourth-order valence-corrected chi connectivity index (χ4v) is 2.84. The molecule has 1 aromatic rings. The van der Waals surface area contributed by atoms with Crippen LogP contribution in [0, 0.1) is 0 Å². The molecule has 1 aromatic carbocycles. The number of benzene rings is 1. The molecule has 2 N–H and O–H groups in total. The van der Waals surface area contributed by atoms with E-state index in [1.807, 2.05) is 18.2 Å². The van der Waals surface area contributed by atoms with Crippen LogP contribution in [0.4, 0.5) is 0 Å². The van der Waals surface area contributed by atoms with Gasteiger partial charge in [0.15, 0.2) is 0 Å². The SMILES string of the molecule is CCCCCCC1(C)CC(N)c2ccccc2O1. The van der Waals surface area contributed by atoms with Crippen molar-refractivity contribution < 1.29 is 4.74 Å². The molecule has 100 valence electrons. The van der Waals surface area contributed by atoms with E-state index in [1.165, 1.54) is 25.7 Å². The maximum absolute atomic E-state index is 6.27. The van der Waals surface area contributed by atoms with Crippen molar-refractivity contribution >= 4 is 0 Å². The lowest BCUT2D eigenvalue weighted by Gasteiger charge is -2.39. The number of rotatable bonds is 5. The first-order chi connectivity index (χ1) is 8.64. The fraction of sp³-hybridized carbons (Fsp3) is 0.625. The van der Waals surface area contributed by atoms with Gasteiger partial charge in [-0.25, -0.2) is 0 Å². The van der Waals surface area contributed by atoms with Crippen LogP contribution in [-0.2, 0) is 0 Å². The summed E-state index contributed by atoms with van der Waals surface area (Å²) in [7, 11) is 0. The van der Waals surface area contributed by atoms with Gasteiger partial charge in [0.05, 0.1) is 0 Å². The van der Waals surface area contributed by atoms with Gasteiger partial charge in [-0.05, 0) is 25.8 Å². The van der Waals surface area contributed by atoms with Crippen molar-refractivity contribution in [3.8, 4) is 5.75 Å². The quantitative estimate of drug-likeness (QED) is 0.791. The first-order valence-corrected chi connectivity index (χ1v) is 7.18. The predicted molar refractivity (Wildman–Crippen MR) is 75.8 cm³/mol. The van der Waals surface area contributed by atoms with E-state index in [1.54, 1.807) is 0 Å². The summed E-state index contributed by atoms with van der Waals surface area (Å²) in [5, 5.41) is 0. The molecule has 2 nitrogen and oxygen atoms in total. The van der Waals surface area contributed by atoms with Gasteiger partial charge in [0, 0.05) is 18.0 Å². The van der Waals surface area contributed by atoms with Crippen molar-refractivity contribution in [1.82, 2.24) is 0 Å². The largest absolute Gasteiger partial charge is 0.487 e. The molecule has 0 saturated carbocycles. The van der Waals surface area contributed by atoms with Crippen LogP contribution in [-0.4, -0.2) is 5.60 Å². The summed E-state index contributed by atoms with van der Waals surface area (Å²) in [5.74, 6) is 0.981. The van der Waals surface area contributed by atoms with Gasteiger partial charge in [-0.2, -0.15) is 0 Å². The molecule has 2 atom stereocenters. The van der Waals surface area contributed by atoms with Gasteiger partial charge in [-0.1, -0.05) is 44.4 Å². The molecule has 0 bridgehead atoms. The second-order valence-corrected chi connectivity index (χ2v) is 5.71. The fourth-order valence-electron chi connectivity index (χ4n) is 2.84. The van der Waals surface area contributed by atoms with Gasteiger partial charge in [0.25, 0.3) is 0 Å². The average Bonchev–Trinajstić information content (AvgIpc) is 2.35. The topological polar surface area (TPSA) is 35.2 Å². The van der Waals surface area contributed by atoms with E-state index < -0.39 is 0 Å². The highest BCUT2D eigenvalue weighted by molar-refractivity contribution is 5.38. The highest BCUT2D eigenvalue weighted by Crippen LogP contribution is 2.40. The van der Waals surface area contributed by atoms with E-state index in [0.29, 0.717) is 0 Å². The number of nitrogens with two attached hydrogens (primary N) is 1. The van der Waals surface area contributed by atoms with Crippen LogP contribution in [0.1, 0.15) is 64.0 Å². The van der Waals surface area contributed by atoms with Crippen LogP contribution in [0.2, 0.25) is 0 Å². The Bertz CT molecular complexity index is 390. The molecule has 0 radical (unpaired) electrons. The third-order valence-corrected chi connectivity index (χ3v) is 3.89. The Morgan fingerprint density at radius 2 is 2.06 bits per heavy atom. The molecule has 0 amide bonds. The monoisotopic (exact) mass is 247 g/mol. The van der Waals surface area contributed by atoms with Crippen LogP contribution in [0.5, 0.6) is 5.75 Å². The van der Waals surface area contributed by atoms with E-state index in [9.17, 15) is 0 Å². The first-order valence-electron chi connectivity index (χ1n) is 7.18. The summed E-state index contributed by atoms with van der Waals surface area (Å²) in [6.07, 6.45) is 7.16. The molecule has 2 unspecified atom stereocenters. The summed E-state index contributed by atoms with van der Waals surface area (Å²) in [6, 6.07) is 8.29. The van der Waals surface area contributed by atoms with Crippen LogP contribution < -0.4 is 10.5 Å². The van der Waals surface area contributed by atoms with Crippen LogP contribution in [0.25, 0.3) is 0 Å². The zero-order chi connectivity index (χ0) is 13.0. The van der Waals surface area contributed by atoms with Crippen molar-refractivity contribution in [2.24, 2.45) is 5.73 Å². The van der Waals surface area contributed by atoms with Crippen molar-refractivity contribution in [2.45, 2.75) is 64.0 Å². The minimum absolute atomic E-state index is 0.0818. The molecule has 0 aromatic heterocycles. The second kappa shape index (κ2) is 5.75. The maximum atomic E-state index is 6.27. The van der Waals surface area contributed by atoms with Gasteiger partial charge in [0.1, 0.15) is 11.4 Å². The van der Waals surface area contributed by atoms with E-state index in [-0.39, 0.29) is 11.6 Å². The molecule has 1 heterocycles. The summed E-state index contributed by atoms with van der Waals surface area (Å²) < 4.78 is 6.19. The normalized spacial score (nSPS) is 26.5. The lowest BCUT2D eigenvalue weighted by atomic mass is 9.85. The number of hydrogen-bond acceptors (Lipinski definition) is 2. The molecule has 0 fully saturated rings. The standard InChI is InChI=1S/C16H25NO/c1-3-4-5-8-11-16(2)12-14(17)13-9-6-7-10-15(13)18-16/h6-7,9-10,14H,3-5,8,11-12,17H2,1-2H3. The number of para-hydroxylation sites is 1. The first kappa shape index (κ1) is 13.4. The Morgan fingerprint density at radius 3 is 2.83 bits per heavy atom. The Balaban J connectivity index is 2.00. The summed E-state index contributed by atoms with van der Waals surface area (Å²) >= 11 is 0. The molecule has 1 aliphatic heterocycles. The van der Waals surface area contributed by atoms with E-state index in [2.05, 4.69) is 19.9 Å². The summed E-state index contributed by atoms with van der Waals surface area (Å²) in [6.45, 7) is 4.44. The zero-order valence-corrected chi connectivity index (χ0v) is 11.6. The summed E-state index contributed by atoms with van der Waals surface area (Å²) in [5.41, 5.74) is 7.35. The van der Waals surface area contributed by atoms with Crippen LogP contribution >= 0.6 is 0 Å². The van der Waals surface area contributed by atoms with Gasteiger partial charge in [0.2, 0.25) is 0 Å². The molecule has 0 aliphatic carbocycles. The molecule has 1 aliphatic rings. The van der Waals surface area contributed by atoms with Gasteiger partial charge in [-0.3, -0.25) is 0 Å². The van der Waals surface area contributed by atoms with E-state index in [4.69, 9.17) is 10.5 Å². The van der Waals surface area contributed by atoms with E-state index >= 15 is 0 Å².